The number of carbonyl (C=O) groups excluding carboxylic acids is 1. The highest BCUT2D eigenvalue weighted by molar-refractivity contribution is 5.97. The minimum Gasteiger partial charge on any atom is -0.487 e. The molecule has 1 amide bonds. The second-order valence-electron chi connectivity index (χ2n) is 8.10. The first-order chi connectivity index (χ1) is 14.7. The summed E-state index contributed by atoms with van der Waals surface area (Å²) >= 11 is 0. The molecule has 0 N–H and O–H groups in total. The molecule has 152 valence electrons. The number of benzene rings is 3. The third-order valence-electron chi connectivity index (χ3n) is 6.20. The van der Waals surface area contributed by atoms with Gasteiger partial charge in [-0.2, -0.15) is 0 Å². The van der Waals surface area contributed by atoms with Gasteiger partial charge in [-0.1, -0.05) is 48.5 Å². The van der Waals surface area contributed by atoms with Gasteiger partial charge in [0.05, 0.1) is 5.56 Å². The number of aryl methyl sites for hydroxylation is 1. The number of likely N-dealkylation sites (tertiary alicyclic amines) is 1. The number of amides is 1. The molecular weight excluding hydrogens is 374 g/mol. The quantitative estimate of drug-likeness (QED) is 0.585. The molecule has 1 spiro atoms. The Bertz CT molecular complexity index is 1040. The van der Waals surface area contributed by atoms with Gasteiger partial charge in [0.1, 0.15) is 22.8 Å². The van der Waals surface area contributed by atoms with Crippen LogP contribution in [-0.2, 0) is 6.42 Å². The number of carbonyl (C=O) groups is 1. The summed E-state index contributed by atoms with van der Waals surface area (Å²) in [6, 6.07) is 25.4. The summed E-state index contributed by atoms with van der Waals surface area (Å²) in [7, 11) is 0. The van der Waals surface area contributed by atoms with Crippen molar-refractivity contribution < 1.29 is 14.3 Å². The molecule has 0 bridgehead atoms. The fraction of sp³-hybridized carbons (Fsp3) is 0.269. The Morgan fingerprint density at radius 1 is 0.833 bits per heavy atom. The molecule has 0 saturated carbocycles. The first kappa shape index (κ1) is 18.7. The van der Waals surface area contributed by atoms with Crippen molar-refractivity contribution in [2.45, 2.75) is 31.3 Å². The highest BCUT2D eigenvalue weighted by Crippen LogP contribution is 2.39. The van der Waals surface area contributed by atoms with E-state index in [1.54, 1.807) is 0 Å². The number of rotatable bonds is 3. The van der Waals surface area contributed by atoms with Crippen LogP contribution in [-0.4, -0.2) is 29.5 Å². The van der Waals surface area contributed by atoms with E-state index in [0.29, 0.717) is 24.4 Å². The number of hydrogen-bond donors (Lipinski definition) is 0. The fourth-order valence-electron chi connectivity index (χ4n) is 4.44. The standard InChI is InChI=1S/C26H25NO3/c28-25(22-11-5-7-13-24(22)29-21-9-2-1-3-10-21)27-18-16-26(17-19-27)15-14-20-8-4-6-12-23(20)30-26/h1-13H,14-19H2. The summed E-state index contributed by atoms with van der Waals surface area (Å²) in [6.45, 7) is 1.39. The first-order valence-corrected chi connectivity index (χ1v) is 10.6. The molecule has 1 saturated heterocycles. The van der Waals surface area contributed by atoms with Crippen molar-refractivity contribution in [3.8, 4) is 17.2 Å². The number of fused-ring (bicyclic) bond motifs is 1. The van der Waals surface area contributed by atoms with E-state index in [-0.39, 0.29) is 11.5 Å². The molecule has 0 unspecified atom stereocenters. The molecular formula is C26H25NO3. The fourth-order valence-corrected chi connectivity index (χ4v) is 4.44. The Balaban J connectivity index is 1.29. The van der Waals surface area contributed by atoms with Crippen molar-refractivity contribution in [1.82, 2.24) is 4.90 Å². The zero-order valence-corrected chi connectivity index (χ0v) is 16.9. The summed E-state index contributed by atoms with van der Waals surface area (Å²) < 4.78 is 12.4. The van der Waals surface area contributed by atoms with E-state index in [0.717, 1.165) is 37.2 Å². The van der Waals surface area contributed by atoms with Crippen LogP contribution in [0.3, 0.4) is 0 Å². The van der Waals surface area contributed by atoms with E-state index in [4.69, 9.17) is 9.47 Å². The van der Waals surface area contributed by atoms with Crippen LogP contribution in [0.4, 0.5) is 0 Å². The third kappa shape index (κ3) is 3.65. The lowest BCUT2D eigenvalue weighted by Crippen LogP contribution is -2.51. The zero-order valence-electron chi connectivity index (χ0n) is 16.9. The monoisotopic (exact) mass is 399 g/mol. The lowest BCUT2D eigenvalue weighted by atomic mass is 9.83. The van der Waals surface area contributed by atoms with Crippen LogP contribution < -0.4 is 9.47 Å². The Kier molecular flexibility index (Phi) is 4.91. The normalized spacial score (nSPS) is 17.1. The second-order valence-corrected chi connectivity index (χ2v) is 8.10. The third-order valence-corrected chi connectivity index (χ3v) is 6.20. The molecule has 4 nitrogen and oxygen atoms in total. The van der Waals surface area contributed by atoms with Crippen LogP contribution in [0.1, 0.15) is 35.2 Å². The van der Waals surface area contributed by atoms with Gasteiger partial charge in [0.2, 0.25) is 0 Å². The molecule has 0 aliphatic carbocycles. The van der Waals surface area contributed by atoms with Gasteiger partial charge in [-0.25, -0.2) is 0 Å². The summed E-state index contributed by atoms with van der Waals surface area (Å²) in [5.74, 6) is 2.35. The van der Waals surface area contributed by atoms with Gasteiger partial charge in [-0.15, -0.1) is 0 Å². The average molecular weight is 399 g/mol. The molecule has 0 radical (unpaired) electrons. The van der Waals surface area contributed by atoms with Gasteiger partial charge >= 0.3 is 0 Å². The summed E-state index contributed by atoms with van der Waals surface area (Å²) in [4.78, 5) is 15.2. The van der Waals surface area contributed by atoms with E-state index in [9.17, 15) is 4.79 Å². The Labute approximate surface area is 177 Å². The SMILES string of the molecule is O=C(c1ccccc1Oc1ccccc1)N1CCC2(CCc3ccccc3O2)CC1. The van der Waals surface area contributed by atoms with E-state index in [2.05, 4.69) is 18.2 Å². The van der Waals surface area contributed by atoms with Crippen LogP contribution in [0.5, 0.6) is 17.2 Å². The molecule has 3 aromatic rings. The lowest BCUT2D eigenvalue weighted by Gasteiger charge is -2.44. The topological polar surface area (TPSA) is 38.8 Å². The van der Waals surface area contributed by atoms with Crippen LogP contribution >= 0.6 is 0 Å². The molecule has 1 fully saturated rings. The van der Waals surface area contributed by atoms with Gasteiger partial charge in [0.15, 0.2) is 0 Å². The highest BCUT2D eigenvalue weighted by Gasteiger charge is 2.40. The van der Waals surface area contributed by atoms with E-state index >= 15 is 0 Å². The summed E-state index contributed by atoms with van der Waals surface area (Å²) in [5.41, 5.74) is 1.74. The number of para-hydroxylation sites is 3. The van der Waals surface area contributed by atoms with E-state index in [1.807, 2.05) is 65.6 Å². The molecule has 2 aliphatic rings. The maximum absolute atomic E-state index is 13.3. The molecule has 4 heteroatoms. The first-order valence-electron chi connectivity index (χ1n) is 10.6. The van der Waals surface area contributed by atoms with Crippen molar-refractivity contribution in [3.63, 3.8) is 0 Å². The number of nitrogens with zero attached hydrogens (tertiary/aromatic N) is 1. The molecule has 2 aliphatic heterocycles. The minimum absolute atomic E-state index is 0.0209. The maximum Gasteiger partial charge on any atom is 0.257 e. The maximum atomic E-state index is 13.3. The Hall–Kier alpha value is -3.27. The van der Waals surface area contributed by atoms with Gasteiger partial charge in [-0.3, -0.25) is 4.79 Å². The predicted molar refractivity (Wildman–Crippen MR) is 116 cm³/mol. The molecule has 5 rings (SSSR count). The Morgan fingerprint density at radius 2 is 1.53 bits per heavy atom. The molecule has 0 aromatic heterocycles. The predicted octanol–water partition coefficient (Wildman–Crippen LogP) is 5.48. The van der Waals surface area contributed by atoms with Crippen LogP contribution in [0, 0.1) is 0 Å². The van der Waals surface area contributed by atoms with Gasteiger partial charge in [-0.05, 0) is 48.7 Å². The number of ether oxygens (including phenoxy) is 2. The number of piperidine rings is 1. The van der Waals surface area contributed by atoms with Crippen molar-refractivity contribution in [3.05, 3.63) is 90.0 Å². The summed E-state index contributed by atoms with van der Waals surface area (Å²) in [5, 5.41) is 0. The summed E-state index contributed by atoms with van der Waals surface area (Å²) in [6.07, 6.45) is 3.77. The van der Waals surface area contributed by atoms with Gasteiger partial charge < -0.3 is 14.4 Å². The lowest BCUT2D eigenvalue weighted by molar-refractivity contribution is -0.0107. The van der Waals surface area contributed by atoms with Crippen LogP contribution in [0.15, 0.2) is 78.9 Å². The van der Waals surface area contributed by atoms with Crippen LogP contribution in [0.25, 0.3) is 0 Å². The minimum atomic E-state index is -0.148. The van der Waals surface area contributed by atoms with E-state index in [1.165, 1.54) is 5.56 Å². The average Bonchev–Trinajstić information content (AvgIpc) is 2.80. The Morgan fingerprint density at radius 3 is 2.37 bits per heavy atom. The van der Waals surface area contributed by atoms with Crippen LogP contribution in [0.2, 0.25) is 0 Å². The van der Waals surface area contributed by atoms with Crippen molar-refractivity contribution in [2.75, 3.05) is 13.1 Å². The van der Waals surface area contributed by atoms with Crippen molar-refractivity contribution in [2.24, 2.45) is 0 Å². The highest BCUT2D eigenvalue weighted by atomic mass is 16.5. The smallest absolute Gasteiger partial charge is 0.257 e. The van der Waals surface area contributed by atoms with Crippen molar-refractivity contribution in [1.29, 1.82) is 0 Å². The van der Waals surface area contributed by atoms with E-state index < -0.39 is 0 Å². The van der Waals surface area contributed by atoms with Gasteiger partial charge in [0, 0.05) is 25.9 Å². The molecule has 30 heavy (non-hydrogen) atoms. The molecule has 3 aromatic carbocycles. The second kappa shape index (κ2) is 7.86. The van der Waals surface area contributed by atoms with Crippen molar-refractivity contribution >= 4 is 5.91 Å². The molecule has 2 heterocycles. The van der Waals surface area contributed by atoms with Gasteiger partial charge in [0.25, 0.3) is 5.91 Å². The molecule has 0 atom stereocenters. The number of hydrogen-bond acceptors (Lipinski definition) is 3. The zero-order chi connectivity index (χ0) is 20.4. The largest absolute Gasteiger partial charge is 0.487 e.